The average Bonchev–Trinajstić information content (AvgIpc) is 3.10. The van der Waals surface area contributed by atoms with Gasteiger partial charge in [0.15, 0.2) is 31.1 Å². The third kappa shape index (κ3) is 9.26. The number of ether oxygens (including phenoxy) is 8. The van der Waals surface area contributed by atoms with Crippen molar-refractivity contribution in [3.8, 4) is 0 Å². The Labute approximate surface area is 306 Å². The SMILES string of the molecule is COC1C(C(=O)O)OC(OC2C(O)C(CO)OC(OC3C(C(=O)O)OC(OC4C(O)C(CO)O[C@H](C)C4NC(C)=O)C(O)C3O)C2NC(C)=O)C(O)C1O. The van der Waals surface area contributed by atoms with Crippen LogP contribution >= 0.6 is 0 Å². The molecule has 4 aliphatic rings. The van der Waals surface area contributed by atoms with Gasteiger partial charge in [-0.3, -0.25) is 9.59 Å². The number of carbonyl (C=O) groups is 4. The van der Waals surface area contributed by atoms with Crippen molar-refractivity contribution in [1.29, 1.82) is 0 Å². The fourth-order valence-electron chi connectivity index (χ4n) is 6.79. The molecular formula is C30H48N2O22. The molecule has 0 spiro atoms. The van der Waals surface area contributed by atoms with Crippen molar-refractivity contribution >= 4 is 23.8 Å². The lowest BCUT2D eigenvalue weighted by molar-refractivity contribution is -0.366. The summed E-state index contributed by atoms with van der Waals surface area (Å²) in [5, 5.41) is 110. The number of hydrogen-bond donors (Lipinski definition) is 12. The van der Waals surface area contributed by atoms with Crippen molar-refractivity contribution < 1.29 is 108 Å². The highest BCUT2D eigenvalue weighted by Gasteiger charge is 2.57. The first kappa shape index (κ1) is 44.0. The summed E-state index contributed by atoms with van der Waals surface area (Å²) in [5.74, 6) is -4.85. The van der Waals surface area contributed by atoms with E-state index in [4.69, 9.17) is 37.9 Å². The molecule has 19 unspecified atom stereocenters. The Morgan fingerprint density at radius 2 is 0.963 bits per heavy atom. The van der Waals surface area contributed by atoms with Crippen molar-refractivity contribution in [2.45, 2.75) is 143 Å². The topological polar surface area (TPSA) is 368 Å². The van der Waals surface area contributed by atoms with Crippen molar-refractivity contribution in [2.75, 3.05) is 20.3 Å². The Bertz CT molecular complexity index is 1310. The first-order chi connectivity index (χ1) is 25.4. The van der Waals surface area contributed by atoms with Crippen molar-refractivity contribution in [3.63, 3.8) is 0 Å². The maximum Gasteiger partial charge on any atom is 0.335 e. The molecule has 4 aliphatic heterocycles. The van der Waals surface area contributed by atoms with Crippen LogP contribution in [0.15, 0.2) is 0 Å². The van der Waals surface area contributed by atoms with E-state index in [1.807, 2.05) is 0 Å². The molecule has 24 nitrogen and oxygen atoms in total. The number of hydrogen-bond acceptors (Lipinski definition) is 20. The van der Waals surface area contributed by atoms with Gasteiger partial charge in [0.25, 0.3) is 0 Å². The minimum absolute atomic E-state index is 0.586. The Morgan fingerprint density at radius 1 is 0.556 bits per heavy atom. The standard InChI is InChI=1S/C30H48N2O22/c1-7-12(31-8(2)35)20(14(37)10(5-33)48-7)50-30-19(42)17(40)23(25(54-30)27(45)46)52-28-13(32-9(3)36)21(15(38)11(6-34)49-28)51-29-18(41)16(39)22(47-4)24(53-29)26(43)44/h7,10-25,28-30,33-34,37-42H,5-6H2,1-4H3,(H,31,35)(H,32,36)(H,43,44)(H,45,46)/t7-,10?,11?,12?,13?,14?,15?,16?,17?,18?,19?,20?,21?,22?,23?,24?,25?,28?,29?,30?/m1/s1. The maximum absolute atomic E-state index is 12.5. The molecule has 4 heterocycles. The lowest BCUT2D eigenvalue weighted by Gasteiger charge is -2.50. The van der Waals surface area contributed by atoms with Gasteiger partial charge in [-0.15, -0.1) is 0 Å². The molecule has 4 fully saturated rings. The van der Waals surface area contributed by atoms with Gasteiger partial charge in [0.1, 0.15) is 79.3 Å². The molecule has 0 radical (unpaired) electrons. The van der Waals surface area contributed by atoms with E-state index in [2.05, 4.69) is 10.6 Å². The zero-order chi connectivity index (χ0) is 40.3. The molecule has 0 saturated carbocycles. The summed E-state index contributed by atoms with van der Waals surface area (Å²) in [7, 11) is 1.05. The lowest BCUT2D eigenvalue weighted by atomic mass is 9.92. The van der Waals surface area contributed by atoms with E-state index in [0.29, 0.717) is 0 Å². The predicted octanol–water partition coefficient (Wildman–Crippen LogP) is -7.55. The zero-order valence-electron chi connectivity index (χ0n) is 29.3. The van der Waals surface area contributed by atoms with Crippen molar-refractivity contribution in [2.24, 2.45) is 0 Å². The van der Waals surface area contributed by atoms with E-state index in [1.165, 1.54) is 6.92 Å². The second-order valence-electron chi connectivity index (χ2n) is 13.2. The Hall–Kier alpha value is -2.76. The van der Waals surface area contributed by atoms with Gasteiger partial charge < -0.3 is 99.6 Å². The van der Waals surface area contributed by atoms with Crippen LogP contribution in [-0.2, 0) is 57.1 Å². The van der Waals surface area contributed by atoms with Crippen LogP contribution in [0.4, 0.5) is 0 Å². The van der Waals surface area contributed by atoms with Gasteiger partial charge in [0.05, 0.1) is 25.4 Å². The highest BCUT2D eigenvalue weighted by atomic mass is 16.8. The first-order valence-corrected chi connectivity index (χ1v) is 16.8. The van der Waals surface area contributed by atoms with Crippen LogP contribution in [0.25, 0.3) is 0 Å². The molecule has 2 amide bonds. The Balaban J connectivity index is 1.62. The molecule has 0 aromatic carbocycles. The third-order valence-corrected chi connectivity index (χ3v) is 9.46. The molecule has 310 valence electrons. The number of aliphatic hydroxyl groups excluding tert-OH is 8. The second-order valence-corrected chi connectivity index (χ2v) is 13.2. The summed E-state index contributed by atoms with van der Waals surface area (Å²) in [5.41, 5.74) is 0. The molecule has 0 aromatic rings. The molecule has 20 atom stereocenters. The molecule has 24 heteroatoms. The van der Waals surface area contributed by atoms with E-state index in [1.54, 1.807) is 0 Å². The maximum atomic E-state index is 12.5. The van der Waals surface area contributed by atoms with Crippen LogP contribution in [0.2, 0.25) is 0 Å². The molecule has 4 rings (SSSR count). The number of carbonyl (C=O) groups excluding carboxylic acids is 2. The molecule has 0 aromatic heterocycles. The quantitative estimate of drug-likeness (QED) is 0.0824. The van der Waals surface area contributed by atoms with Crippen LogP contribution in [0.3, 0.4) is 0 Å². The van der Waals surface area contributed by atoms with E-state index in [0.717, 1.165) is 21.0 Å². The fraction of sp³-hybridized carbons (Fsp3) is 0.867. The largest absolute Gasteiger partial charge is 0.479 e. The van der Waals surface area contributed by atoms with Gasteiger partial charge >= 0.3 is 11.9 Å². The lowest BCUT2D eigenvalue weighted by Crippen LogP contribution is -2.70. The van der Waals surface area contributed by atoms with E-state index >= 15 is 0 Å². The van der Waals surface area contributed by atoms with Crippen LogP contribution < -0.4 is 10.6 Å². The number of aliphatic hydroxyl groups is 8. The summed E-state index contributed by atoms with van der Waals surface area (Å²) >= 11 is 0. The monoisotopic (exact) mass is 788 g/mol. The minimum atomic E-state index is -2.23. The van der Waals surface area contributed by atoms with E-state index in [-0.39, 0.29) is 0 Å². The van der Waals surface area contributed by atoms with E-state index in [9.17, 15) is 70.2 Å². The van der Waals surface area contributed by atoms with Gasteiger partial charge in [-0.1, -0.05) is 0 Å². The normalized spacial score (nSPS) is 45.6. The predicted molar refractivity (Wildman–Crippen MR) is 166 cm³/mol. The third-order valence-electron chi connectivity index (χ3n) is 9.46. The number of amides is 2. The smallest absolute Gasteiger partial charge is 0.335 e. The van der Waals surface area contributed by atoms with Gasteiger partial charge in [-0.25, -0.2) is 9.59 Å². The zero-order valence-corrected chi connectivity index (χ0v) is 29.3. The van der Waals surface area contributed by atoms with Crippen LogP contribution in [0.5, 0.6) is 0 Å². The summed E-state index contributed by atoms with van der Waals surface area (Å²) in [6, 6.07) is -2.87. The fourth-order valence-corrected chi connectivity index (χ4v) is 6.79. The average molecular weight is 789 g/mol. The molecule has 0 aliphatic carbocycles. The van der Waals surface area contributed by atoms with Gasteiger partial charge in [0.2, 0.25) is 11.8 Å². The molecule has 0 bridgehead atoms. The molecule has 12 N–H and O–H groups in total. The summed E-state index contributed by atoms with van der Waals surface area (Å²) in [6.45, 7) is 1.96. The Kier molecular flexibility index (Phi) is 15.0. The van der Waals surface area contributed by atoms with Crippen LogP contribution in [0.1, 0.15) is 20.8 Å². The van der Waals surface area contributed by atoms with E-state index < -0.39 is 159 Å². The summed E-state index contributed by atoms with van der Waals surface area (Å²) in [6.07, 6.45) is -32.9. The van der Waals surface area contributed by atoms with Crippen LogP contribution in [-0.4, -0.2) is 218 Å². The van der Waals surface area contributed by atoms with Crippen molar-refractivity contribution in [3.05, 3.63) is 0 Å². The number of methoxy groups -OCH3 is 1. The first-order valence-electron chi connectivity index (χ1n) is 16.8. The van der Waals surface area contributed by atoms with Gasteiger partial charge in [-0.05, 0) is 6.92 Å². The summed E-state index contributed by atoms with van der Waals surface area (Å²) in [4.78, 5) is 48.7. The van der Waals surface area contributed by atoms with Gasteiger partial charge in [-0.2, -0.15) is 0 Å². The summed E-state index contributed by atoms with van der Waals surface area (Å²) < 4.78 is 44.2. The van der Waals surface area contributed by atoms with Crippen LogP contribution in [0, 0.1) is 0 Å². The number of aliphatic carboxylic acids is 2. The Morgan fingerprint density at radius 3 is 1.41 bits per heavy atom. The highest BCUT2D eigenvalue weighted by molar-refractivity contribution is 5.74. The number of carboxylic acids is 2. The number of nitrogens with one attached hydrogen (secondary N) is 2. The number of carboxylic acid groups (broad SMARTS) is 2. The minimum Gasteiger partial charge on any atom is -0.479 e. The highest BCUT2D eigenvalue weighted by Crippen LogP contribution is 2.35. The number of rotatable bonds is 13. The van der Waals surface area contributed by atoms with Crippen molar-refractivity contribution in [1.82, 2.24) is 10.6 Å². The second kappa shape index (κ2) is 18.5. The molecular weight excluding hydrogens is 740 g/mol. The molecule has 4 saturated heterocycles. The van der Waals surface area contributed by atoms with Gasteiger partial charge in [0, 0.05) is 21.0 Å². The molecule has 54 heavy (non-hydrogen) atoms.